The van der Waals surface area contributed by atoms with Crippen molar-refractivity contribution in [1.82, 2.24) is 0 Å². The monoisotopic (exact) mass is 469 g/mol. The minimum Gasteiger partial charge on any atom is -0.310 e. The van der Waals surface area contributed by atoms with E-state index in [-0.39, 0.29) is 0 Å². The second kappa shape index (κ2) is 7.81. The number of fused-ring (bicyclic) bond motifs is 6. The zero-order valence-electron chi connectivity index (χ0n) is 20.2. The molecule has 1 nitrogen and oxygen atoms in total. The molecule has 0 fully saturated rings. The van der Waals surface area contributed by atoms with Gasteiger partial charge in [0.15, 0.2) is 0 Å². The highest BCUT2D eigenvalue weighted by molar-refractivity contribution is 6.27. The summed E-state index contributed by atoms with van der Waals surface area (Å²) in [6.07, 6.45) is 0. The van der Waals surface area contributed by atoms with Gasteiger partial charge in [-0.1, -0.05) is 91.0 Å². The summed E-state index contributed by atoms with van der Waals surface area (Å²) in [5.41, 5.74) is 8.83. The summed E-state index contributed by atoms with van der Waals surface area (Å²) in [4.78, 5) is 2.39. The van der Waals surface area contributed by atoms with Crippen molar-refractivity contribution in [3.63, 3.8) is 0 Å². The number of anilines is 3. The molecule has 0 aromatic heterocycles. The lowest BCUT2D eigenvalue weighted by Gasteiger charge is -2.27. The van der Waals surface area contributed by atoms with Gasteiger partial charge in [-0.2, -0.15) is 0 Å². The smallest absolute Gasteiger partial charge is 0.0540 e. The number of nitrogens with zero attached hydrogens (tertiary/aromatic N) is 1. The van der Waals surface area contributed by atoms with Crippen LogP contribution < -0.4 is 4.90 Å². The first kappa shape index (κ1) is 20.3. The van der Waals surface area contributed by atoms with Crippen molar-refractivity contribution in [3.8, 4) is 22.3 Å². The molecule has 1 aliphatic carbocycles. The third-order valence-electron chi connectivity index (χ3n) is 7.72. The van der Waals surface area contributed by atoms with Crippen LogP contribution in [0.3, 0.4) is 0 Å². The summed E-state index contributed by atoms with van der Waals surface area (Å²) in [6, 6.07) is 50.7. The van der Waals surface area contributed by atoms with E-state index >= 15 is 0 Å². The lowest BCUT2D eigenvalue weighted by molar-refractivity contribution is 1.30. The maximum atomic E-state index is 2.39. The third-order valence-corrected chi connectivity index (χ3v) is 7.72. The summed E-state index contributed by atoms with van der Waals surface area (Å²) in [7, 11) is 0. The van der Waals surface area contributed by atoms with Crippen LogP contribution in [0.2, 0.25) is 0 Å². The Labute approximate surface area is 215 Å². The molecule has 1 aliphatic rings. The largest absolute Gasteiger partial charge is 0.310 e. The minimum atomic E-state index is 1.15. The van der Waals surface area contributed by atoms with E-state index < -0.39 is 0 Å². The van der Waals surface area contributed by atoms with Crippen molar-refractivity contribution in [2.45, 2.75) is 0 Å². The molecular weight excluding hydrogens is 446 g/mol. The van der Waals surface area contributed by atoms with Gasteiger partial charge in [-0.15, -0.1) is 0 Å². The second-order valence-electron chi connectivity index (χ2n) is 9.78. The third kappa shape index (κ3) is 2.98. The second-order valence-corrected chi connectivity index (χ2v) is 9.78. The lowest BCUT2D eigenvalue weighted by Crippen LogP contribution is -2.10. The maximum absolute atomic E-state index is 2.39. The molecule has 0 aliphatic heterocycles. The molecule has 0 radical (unpaired) electrons. The Morgan fingerprint density at radius 2 is 0.946 bits per heavy atom. The van der Waals surface area contributed by atoms with E-state index in [2.05, 4.69) is 144 Å². The van der Waals surface area contributed by atoms with E-state index in [9.17, 15) is 0 Å². The molecule has 0 saturated carbocycles. The molecule has 0 amide bonds. The zero-order chi connectivity index (χ0) is 24.3. The Balaban J connectivity index is 1.51. The van der Waals surface area contributed by atoms with Gasteiger partial charge >= 0.3 is 0 Å². The van der Waals surface area contributed by atoms with Crippen LogP contribution in [0.25, 0.3) is 54.6 Å². The molecule has 0 atom stereocenters. The molecule has 37 heavy (non-hydrogen) atoms. The fraction of sp³-hybridized carbons (Fsp3) is 0. The molecule has 172 valence electrons. The highest BCUT2D eigenvalue weighted by Gasteiger charge is 2.27. The van der Waals surface area contributed by atoms with Crippen LogP contribution in [0.15, 0.2) is 140 Å². The van der Waals surface area contributed by atoms with Crippen LogP contribution in [-0.2, 0) is 0 Å². The number of rotatable bonds is 3. The topological polar surface area (TPSA) is 3.24 Å². The van der Waals surface area contributed by atoms with E-state index in [0.29, 0.717) is 0 Å². The number of hydrogen-bond donors (Lipinski definition) is 0. The van der Waals surface area contributed by atoms with E-state index in [1.54, 1.807) is 0 Å². The summed E-state index contributed by atoms with van der Waals surface area (Å²) in [6.45, 7) is 0. The van der Waals surface area contributed by atoms with Crippen molar-refractivity contribution in [2.75, 3.05) is 4.90 Å². The van der Waals surface area contributed by atoms with E-state index in [4.69, 9.17) is 0 Å². The van der Waals surface area contributed by atoms with E-state index in [1.165, 1.54) is 60.3 Å². The van der Waals surface area contributed by atoms with Gasteiger partial charge in [-0.05, 0) is 92.3 Å². The van der Waals surface area contributed by atoms with Gasteiger partial charge in [0, 0.05) is 22.1 Å². The fourth-order valence-corrected chi connectivity index (χ4v) is 6.12. The number of para-hydroxylation sites is 2. The highest BCUT2D eigenvalue weighted by Crippen LogP contribution is 2.54. The van der Waals surface area contributed by atoms with Crippen LogP contribution in [0.1, 0.15) is 0 Å². The van der Waals surface area contributed by atoms with Gasteiger partial charge in [-0.25, -0.2) is 0 Å². The minimum absolute atomic E-state index is 1.15. The summed E-state index contributed by atoms with van der Waals surface area (Å²) in [5.74, 6) is 0. The maximum Gasteiger partial charge on any atom is 0.0540 e. The SMILES string of the molecule is c1ccc(N(c2ccccc2)c2ccc3c4c(c5ccccc5cc24)-c2cc4ccccc4cc2-3)cc1. The fourth-order valence-electron chi connectivity index (χ4n) is 6.12. The summed E-state index contributed by atoms with van der Waals surface area (Å²) < 4.78 is 0. The Bertz CT molecular complexity index is 1930. The number of benzene rings is 7. The van der Waals surface area contributed by atoms with Crippen LogP contribution in [0.5, 0.6) is 0 Å². The van der Waals surface area contributed by atoms with Crippen LogP contribution in [-0.4, -0.2) is 0 Å². The van der Waals surface area contributed by atoms with Gasteiger partial charge in [0.2, 0.25) is 0 Å². The average molecular weight is 470 g/mol. The molecule has 0 N–H and O–H groups in total. The van der Waals surface area contributed by atoms with Crippen molar-refractivity contribution in [1.29, 1.82) is 0 Å². The van der Waals surface area contributed by atoms with Crippen LogP contribution in [0.4, 0.5) is 17.1 Å². The molecule has 0 heterocycles. The predicted molar refractivity (Wildman–Crippen MR) is 158 cm³/mol. The van der Waals surface area contributed by atoms with Gasteiger partial charge in [0.25, 0.3) is 0 Å². The first-order valence-electron chi connectivity index (χ1n) is 12.8. The summed E-state index contributed by atoms with van der Waals surface area (Å²) in [5, 5.41) is 7.77. The van der Waals surface area contributed by atoms with Gasteiger partial charge < -0.3 is 4.90 Å². The lowest BCUT2D eigenvalue weighted by atomic mass is 9.94. The van der Waals surface area contributed by atoms with E-state index in [0.717, 1.165) is 11.4 Å². The Kier molecular flexibility index (Phi) is 4.29. The van der Waals surface area contributed by atoms with Gasteiger partial charge in [0.05, 0.1) is 5.69 Å². The molecule has 0 bridgehead atoms. The van der Waals surface area contributed by atoms with Gasteiger partial charge in [-0.3, -0.25) is 0 Å². The molecule has 7 aromatic rings. The van der Waals surface area contributed by atoms with Crippen molar-refractivity contribution in [3.05, 3.63) is 140 Å². The van der Waals surface area contributed by atoms with Crippen molar-refractivity contribution in [2.24, 2.45) is 0 Å². The quantitative estimate of drug-likeness (QED) is 0.233. The average Bonchev–Trinajstić information content (AvgIpc) is 3.29. The van der Waals surface area contributed by atoms with Crippen molar-refractivity contribution >= 4 is 49.4 Å². The predicted octanol–water partition coefficient (Wildman–Crippen LogP) is 10.3. The number of hydrogen-bond acceptors (Lipinski definition) is 1. The van der Waals surface area contributed by atoms with Crippen molar-refractivity contribution < 1.29 is 0 Å². The zero-order valence-corrected chi connectivity index (χ0v) is 20.2. The van der Waals surface area contributed by atoms with Gasteiger partial charge in [0.1, 0.15) is 0 Å². The van der Waals surface area contributed by atoms with Crippen LogP contribution >= 0.6 is 0 Å². The molecule has 0 saturated heterocycles. The Hall–Kier alpha value is -4.88. The Morgan fingerprint density at radius 3 is 1.62 bits per heavy atom. The standard InChI is InChI=1S/C36H23N/c1-3-14-27(15-4-1)37(28-16-5-2-6-17-28)34-20-19-30-31-21-24-11-7-8-12-25(24)22-32(31)35-29-18-10-9-13-26(29)23-33(34)36(30)35/h1-23H. The molecule has 8 rings (SSSR count). The normalized spacial score (nSPS) is 11.8. The van der Waals surface area contributed by atoms with E-state index in [1.807, 2.05) is 0 Å². The molecule has 0 unspecified atom stereocenters. The summed E-state index contributed by atoms with van der Waals surface area (Å²) >= 11 is 0. The molecule has 1 heteroatoms. The molecule has 7 aromatic carbocycles. The highest BCUT2D eigenvalue weighted by atomic mass is 15.1. The Morgan fingerprint density at radius 1 is 0.378 bits per heavy atom. The molecule has 0 spiro atoms. The molecular formula is C36H23N. The first-order valence-corrected chi connectivity index (χ1v) is 12.8. The first-order chi connectivity index (χ1) is 18.4. The van der Waals surface area contributed by atoms with Crippen LogP contribution in [0, 0.1) is 0 Å².